The van der Waals surface area contributed by atoms with Crippen LogP contribution in [0.1, 0.15) is 31.9 Å². The molecule has 0 saturated carbocycles. The Bertz CT molecular complexity index is 1030. The number of hydrogen-bond donors (Lipinski definition) is 0. The molecule has 2 bridgehead atoms. The number of piperazine rings is 1. The molecule has 6 rings (SSSR count). The van der Waals surface area contributed by atoms with Crippen molar-refractivity contribution in [3.63, 3.8) is 0 Å². The molecule has 1 aromatic carbocycles. The predicted octanol–water partition coefficient (Wildman–Crippen LogP) is 3.09. The summed E-state index contributed by atoms with van der Waals surface area (Å²) in [6, 6.07) is 5.70. The second-order valence-electron chi connectivity index (χ2n) is 7.96. The van der Waals surface area contributed by atoms with Crippen LogP contribution in [-0.4, -0.2) is 44.7 Å². The SMILES string of the molecule is CN1C(=O)C23C[C@](C)(C#N)[C@H](c4ccc5c(c4)OC(F)(F)O5)N2C(=O)C1(C)SS3. The van der Waals surface area contributed by atoms with Gasteiger partial charge in [-0.1, -0.05) is 27.7 Å². The Morgan fingerprint density at radius 3 is 2.55 bits per heavy atom. The van der Waals surface area contributed by atoms with Crippen molar-refractivity contribution in [1.29, 1.82) is 5.26 Å². The second-order valence-corrected chi connectivity index (χ2v) is 10.8. The van der Waals surface area contributed by atoms with Crippen LogP contribution in [-0.2, 0) is 9.59 Å². The molecule has 29 heavy (non-hydrogen) atoms. The number of carbonyl (C=O) groups is 2. The fourth-order valence-corrected chi connectivity index (χ4v) is 8.14. The maximum absolute atomic E-state index is 13.5. The number of benzene rings is 1. The van der Waals surface area contributed by atoms with Crippen LogP contribution < -0.4 is 9.47 Å². The van der Waals surface area contributed by atoms with E-state index >= 15 is 0 Å². The van der Waals surface area contributed by atoms with Crippen LogP contribution in [0.15, 0.2) is 18.2 Å². The molecule has 5 heterocycles. The molecule has 5 aliphatic heterocycles. The lowest BCUT2D eigenvalue weighted by Crippen LogP contribution is -2.73. The lowest BCUT2D eigenvalue weighted by Gasteiger charge is -2.57. The highest BCUT2D eigenvalue weighted by molar-refractivity contribution is 8.78. The van der Waals surface area contributed by atoms with Crippen molar-refractivity contribution < 1.29 is 27.8 Å². The first-order valence-electron chi connectivity index (χ1n) is 8.77. The molecule has 152 valence electrons. The lowest BCUT2D eigenvalue weighted by molar-refractivity contribution is -0.286. The van der Waals surface area contributed by atoms with Crippen LogP contribution in [0.2, 0.25) is 0 Å². The third kappa shape index (κ3) is 2.13. The van der Waals surface area contributed by atoms with E-state index in [1.165, 1.54) is 49.6 Å². The number of nitrogens with zero attached hydrogens (tertiary/aromatic N) is 3. The summed E-state index contributed by atoms with van der Waals surface area (Å²) < 4.78 is 35.9. The third-order valence-corrected chi connectivity index (χ3v) is 9.79. The van der Waals surface area contributed by atoms with E-state index in [0.29, 0.717) is 5.56 Å². The van der Waals surface area contributed by atoms with Crippen molar-refractivity contribution in [1.82, 2.24) is 9.80 Å². The highest BCUT2D eigenvalue weighted by atomic mass is 33.1. The summed E-state index contributed by atoms with van der Waals surface area (Å²) in [5.41, 5.74) is -0.664. The van der Waals surface area contributed by atoms with Gasteiger partial charge >= 0.3 is 6.29 Å². The number of carbonyl (C=O) groups excluding carboxylic acids is 2. The first-order chi connectivity index (χ1) is 13.5. The Morgan fingerprint density at radius 1 is 1.17 bits per heavy atom. The van der Waals surface area contributed by atoms with E-state index in [0.717, 1.165) is 0 Å². The second kappa shape index (κ2) is 5.29. The van der Waals surface area contributed by atoms with E-state index in [2.05, 4.69) is 15.5 Å². The lowest BCUT2D eigenvalue weighted by atomic mass is 9.79. The predicted molar refractivity (Wildman–Crippen MR) is 99.7 cm³/mol. The van der Waals surface area contributed by atoms with E-state index in [4.69, 9.17) is 0 Å². The quantitative estimate of drug-likeness (QED) is 0.622. The molecular formula is C18H15F2N3O4S2. The number of rotatable bonds is 1. The van der Waals surface area contributed by atoms with E-state index < -0.39 is 27.5 Å². The fraction of sp³-hybridized carbons (Fsp3) is 0.500. The van der Waals surface area contributed by atoms with Gasteiger partial charge in [0.05, 0.1) is 17.5 Å². The molecule has 2 unspecified atom stereocenters. The average Bonchev–Trinajstić information content (AvgIpc) is 3.12. The first-order valence-corrected chi connectivity index (χ1v) is 10.9. The minimum Gasteiger partial charge on any atom is -0.395 e. The van der Waals surface area contributed by atoms with Gasteiger partial charge in [-0.05, 0) is 31.5 Å². The van der Waals surface area contributed by atoms with Crippen molar-refractivity contribution in [2.24, 2.45) is 5.41 Å². The van der Waals surface area contributed by atoms with Gasteiger partial charge < -0.3 is 19.3 Å². The zero-order valence-electron chi connectivity index (χ0n) is 15.6. The molecule has 0 aromatic heterocycles. The average molecular weight is 439 g/mol. The van der Waals surface area contributed by atoms with Gasteiger partial charge in [0, 0.05) is 13.5 Å². The molecule has 11 heteroatoms. The number of nitriles is 1. The normalized spacial score (nSPS) is 39.0. The highest BCUT2D eigenvalue weighted by Crippen LogP contribution is 2.69. The number of likely N-dealkylation sites (N-methyl/N-ethyl adjacent to an activating group) is 1. The first kappa shape index (κ1) is 18.8. The molecular weight excluding hydrogens is 424 g/mol. The van der Waals surface area contributed by atoms with Crippen molar-refractivity contribution in [3.8, 4) is 17.6 Å². The largest absolute Gasteiger partial charge is 0.586 e. The molecule has 0 N–H and O–H groups in total. The minimum absolute atomic E-state index is 0.121. The summed E-state index contributed by atoms with van der Waals surface area (Å²) in [4.78, 5) is 27.3. The van der Waals surface area contributed by atoms with Crippen LogP contribution in [0.4, 0.5) is 8.78 Å². The molecule has 2 amide bonds. The zero-order chi connectivity index (χ0) is 21.0. The van der Waals surface area contributed by atoms with Crippen molar-refractivity contribution in [3.05, 3.63) is 23.8 Å². The highest BCUT2D eigenvalue weighted by Gasteiger charge is 2.74. The summed E-state index contributed by atoms with van der Waals surface area (Å²) in [6.07, 6.45) is -3.64. The Hall–Kier alpha value is -2.19. The maximum Gasteiger partial charge on any atom is 0.586 e. The molecule has 5 aliphatic rings. The third-order valence-electron chi connectivity index (χ3n) is 6.09. The van der Waals surface area contributed by atoms with E-state index in [1.54, 1.807) is 20.9 Å². The van der Waals surface area contributed by atoms with Crippen LogP contribution in [0.25, 0.3) is 0 Å². The van der Waals surface area contributed by atoms with Crippen LogP contribution in [0.5, 0.6) is 11.5 Å². The van der Waals surface area contributed by atoms with E-state index in [9.17, 15) is 23.6 Å². The van der Waals surface area contributed by atoms with E-state index in [-0.39, 0.29) is 29.7 Å². The summed E-state index contributed by atoms with van der Waals surface area (Å²) in [5.74, 6) is -0.806. The van der Waals surface area contributed by atoms with Crippen LogP contribution in [0.3, 0.4) is 0 Å². The number of alkyl halides is 2. The summed E-state index contributed by atoms with van der Waals surface area (Å²) in [6.45, 7) is 3.36. The van der Waals surface area contributed by atoms with Gasteiger partial charge in [0.25, 0.3) is 11.8 Å². The molecule has 7 nitrogen and oxygen atoms in total. The van der Waals surface area contributed by atoms with Gasteiger partial charge in [0.2, 0.25) is 0 Å². The van der Waals surface area contributed by atoms with Crippen molar-refractivity contribution in [2.45, 2.75) is 42.3 Å². The monoisotopic (exact) mass is 439 g/mol. The number of halogens is 2. The minimum atomic E-state index is -3.77. The van der Waals surface area contributed by atoms with Gasteiger partial charge in [-0.15, -0.1) is 8.78 Å². The van der Waals surface area contributed by atoms with E-state index in [1.807, 2.05) is 0 Å². The molecule has 0 radical (unpaired) electrons. The number of hydrogen-bond acceptors (Lipinski definition) is 7. The van der Waals surface area contributed by atoms with Crippen molar-refractivity contribution >= 4 is 33.4 Å². The Kier molecular flexibility index (Phi) is 3.43. The van der Waals surface area contributed by atoms with Gasteiger partial charge in [-0.2, -0.15) is 5.26 Å². The summed E-state index contributed by atoms with van der Waals surface area (Å²) >= 11 is 0. The van der Waals surface area contributed by atoms with Gasteiger partial charge in [-0.25, -0.2) is 0 Å². The maximum atomic E-state index is 13.5. The van der Waals surface area contributed by atoms with Crippen LogP contribution >= 0.6 is 21.6 Å². The van der Waals surface area contributed by atoms with Crippen LogP contribution in [0, 0.1) is 16.7 Å². The molecule has 4 saturated heterocycles. The Labute approximate surface area is 172 Å². The van der Waals surface area contributed by atoms with Gasteiger partial charge in [-0.3, -0.25) is 9.59 Å². The van der Waals surface area contributed by atoms with Gasteiger partial charge in [0.15, 0.2) is 21.2 Å². The van der Waals surface area contributed by atoms with Crippen molar-refractivity contribution in [2.75, 3.05) is 7.05 Å². The summed E-state index contributed by atoms with van der Waals surface area (Å²) in [5, 5.41) is 10.0. The standard InChI is InChI=1S/C18H15F2N3O4S2/c1-15(8-21)7-17-14(25)22(3)16(2,28-29-17)13(24)23(17)12(15)9-4-5-10-11(6-9)27-18(19,20)26-10/h4-6,12H,7H2,1-3H3/t12-,15+,16?,17?/m0/s1. The molecule has 4 fully saturated rings. The number of amides is 2. The summed E-state index contributed by atoms with van der Waals surface area (Å²) in [7, 11) is 4.19. The smallest absolute Gasteiger partial charge is 0.395 e. The number of ether oxygens (including phenoxy) is 2. The molecule has 1 aromatic rings. The fourth-order valence-electron chi connectivity index (χ4n) is 4.56. The topological polar surface area (TPSA) is 82.9 Å². The molecule has 0 aliphatic carbocycles. The molecule has 4 atom stereocenters. The zero-order valence-corrected chi connectivity index (χ0v) is 17.2. The Morgan fingerprint density at radius 2 is 1.86 bits per heavy atom. The van der Waals surface area contributed by atoms with Gasteiger partial charge in [0.1, 0.15) is 0 Å². The Balaban J connectivity index is 1.67. The number of fused-ring (bicyclic) bond motifs is 3. The molecule has 1 spiro atoms.